The Kier molecular flexibility index (Phi) is 7.86. The lowest BCUT2D eigenvalue weighted by Gasteiger charge is -2.36. The average Bonchev–Trinajstić information content (AvgIpc) is 3.47. The Balaban J connectivity index is 1.27. The summed E-state index contributed by atoms with van der Waals surface area (Å²) in [5.74, 6) is 0.181. The van der Waals surface area contributed by atoms with Gasteiger partial charge in [0.15, 0.2) is 11.6 Å². The summed E-state index contributed by atoms with van der Waals surface area (Å²) >= 11 is 6.36. The van der Waals surface area contributed by atoms with Crippen LogP contribution < -0.4 is 10.5 Å². The number of benzene rings is 2. The Labute approximate surface area is 228 Å². The highest BCUT2D eigenvalue weighted by Gasteiger charge is 2.28. The third kappa shape index (κ3) is 5.49. The zero-order valence-corrected chi connectivity index (χ0v) is 22.7. The Bertz CT molecular complexity index is 1300. The minimum Gasteiger partial charge on any atom is -0.482 e. The summed E-state index contributed by atoms with van der Waals surface area (Å²) in [6.45, 7) is 7.54. The number of amides is 1. The van der Waals surface area contributed by atoms with Crippen LogP contribution in [0.25, 0.3) is 11.1 Å². The molecule has 2 N–H and O–H groups in total. The molecule has 1 aromatic heterocycles. The first-order valence-corrected chi connectivity index (χ1v) is 13.7. The van der Waals surface area contributed by atoms with E-state index in [1.807, 2.05) is 36.1 Å². The van der Waals surface area contributed by atoms with E-state index in [1.54, 1.807) is 25.3 Å². The van der Waals surface area contributed by atoms with Crippen molar-refractivity contribution < 1.29 is 13.9 Å². The number of carbonyl (C=O) groups excluding carboxylic acids is 1. The molecule has 0 spiro atoms. The van der Waals surface area contributed by atoms with Crippen molar-refractivity contribution in [3.63, 3.8) is 0 Å². The number of anilines is 1. The van der Waals surface area contributed by atoms with Gasteiger partial charge in [0.1, 0.15) is 11.9 Å². The molecule has 38 heavy (non-hydrogen) atoms. The topological polar surface area (TPSA) is 71.7 Å². The molecular weight excluding hydrogens is 503 g/mol. The Morgan fingerprint density at radius 2 is 1.76 bits per heavy atom. The summed E-state index contributed by atoms with van der Waals surface area (Å²) in [6, 6.07) is 12.9. The fourth-order valence-electron chi connectivity index (χ4n) is 5.54. The van der Waals surface area contributed by atoms with Crippen molar-refractivity contribution in [2.45, 2.75) is 51.7 Å². The van der Waals surface area contributed by atoms with E-state index in [0.29, 0.717) is 22.4 Å². The summed E-state index contributed by atoms with van der Waals surface area (Å²) in [7, 11) is 0. The SMILES string of the molecule is Cc1ccc(F)c(C(C)Oc2cc(-c3ccc(C(=O)N4CCC(N5CCCC5)CC4)cc3)cnc2N)c1Cl. The quantitative estimate of drug-likeness (QED) is 0.402. The van der Waals surface area contributed by atoms with Crippen LogP contribution in [0.3, 0.4) is 0 Å². The number of halogens is 2. The smallest absolute Gasteiger partial charge is 0.253 e. The fourth-order valence-corrected chi connectivity index (χ4v) is 5.84. The molecule has 0 radical (unpaired) electrons. The van der Waals surface area contributed by atoms with E-state index in [1.165, 1.54) is 32.0 Å². The van der Waals surface area contributed by atoms with Crippen molar-refractivity contribution >= 4 is 23.3 Å². The number of carbonyl (C=O) groups is 1. The van der Waals surface area contributed by atoms with E-state index in [4.69, 9.17) is 22.1 Å². The highest BCUT2D eigenvalue weighted by atomic mass is 35.5. The Morgan fingerprint density at radius 1 is 1.08 bits per heavy atom. The van der Waals surface area contributed by atoms with Crippen molar-refractivity contribution in [1.82, 2.24) is 14.8 Å². The molecule has 2 fully saturated rings. The number of ether oxygens (including phenoxy) is 1. The van der Waals surface area contributed by atoms with Crippen molar-refractivity contribution in [3.05, 3.63) is 76.2 Å². The van der Waals surface area contributed by atoms with Gasteiger partial charge in [-0.15, -0.1) is 0 Å². The summed E-state index contributed by atoms with van der Waals surface area (Å²) in [5, 5.41) is 0.334. The van der Waals surface area contributed by atoms with E-state index in [9.17, 15) is 9.18 Å². The number of likely N-dealkylation sites (tertiary alicyclic amines) is 2. The summed E-state index contributed by atoms with van der Waals surface area (Å²) in [5.41, 5.74) is 9.46. The molecule has 2 aliphatic heterocycles. The number of nitrogen functional groups attached to an aromatic ring is 1. The van der Waals surface area contributed by atoms with E-state index < -0.39 is 11.9 Å². The molecule has 1 amide bonds. The van der Waals surface area contributed by atoms with Crippen LogP contribution in [0, 0.1) is 12.7 Å². The number of hydrogen-bond donors (Lipinski definition) is 1. The lowest BCUT2D eigenvalue weighted by Crippen LogP contribution is -2.45. The van der Waals surface area contributed by atoms with Gasteiger partial charge in [-0.1, -0.05) is 29.8 Å². The molecule has 0 saturated carbocycles. The zero-order chi connectivity index (χ0) is 26.8. The second-order valence-corrected chi connectivity index (χ2v) is 10.7. The minimum atomic E-state index is -0.670. The van der Waals surface area contributed by atoms with Crippen LogP contribution in [-0.4, -0.2) is 52.9 Å². The van der Waals surface area contributed by atoms with Crippen molar-refractivity contribution in [2.24, 2.45) is 0 Å². The van der Waals surface area contributed by atoms with Crippen molar-refractivity contribution in [2.75, 3.05) is 31.9 Å². The lowest BCUT2D eigenvalue weighted by molar-refractivity contribution is 0.0644. The Morgan fingerprint density at radius 3 is 2.45 bits per heavy atom. The maximum absolute atomic E-state index is 14.5. The van der Waals surface area contributed by atoms with Gasteiger partial charge in [-0.25, -0.2) is 9.37 Å². The van der Waals surface area contributed by atoms with Gasteiger partial charge in [-0.3, -0.25) is 4.79 Å². The molecule has 2 aromatic carbocycles. The molecule has 5 rings (SSSR count). The number of rotatable bonds is 6. The average molecular weight is 537 g/mol. The van der Waals surface area contributed by atoms with Crippen LogP contribution in [0.15, 0.2) is 48.7 Å². The highest BCUT2D eigenvalue weighted by Crippen LogP contribution is 2.35. The number of aryl methyl sites for hydroxylation is 1. The third-order valence-electron chi connectivity index (χ3n) is 7.79. The molecule has 1 unspecified atom stereocenters. The molecule has 3 heterocycles. The van der Waals surface area contributed by atoms with Crippen LogP contribution >= 0.6 is 11.6 Å². The van der Waals surface area contributed by atoms with E-state index >= 15 is 0 Å². The molecule has 200 valence electrons. The van der Waals surface area contributed by atoms with Crippen molar-refractivity contribution in [3.8, 4) is 16.9 Å². The van der Waals surface area contributed by atoms with Crippen LogP contribution in [0.1, 0.15) is 60.2 Å². The van der Waals surface area contributed by atoms with E-state index in [0.717, 1.165) is 42.6 Å². The van der Waals surface area contributed by atoms with Crippen molar-refractivity contribution in [1.29, 1.82) is 0 Å². The lowest BCUT2D eigenvalue weighted by atomic mass is 10.0. The van der Waals surface area contributed by atoms with Gasteiger partial charge in [-0.2, -0.15) is 0 Å². The van der Waals surface area contributed by atoms with Crippen LogP contribution in [0.4, 0.5) is 10.2 Å². The zero-order valence-electron chi connectivity index (χ0n) is 21.9. The van der Waals surface area contributed by atoms with Crippen LogP contribution in [0.5, 0.6) is 5.75 Å². The van der Waals surface area contributed by atoms with Crippen LogP contribution in [0.2, 0.25) is 5.02 Å². The number of nitrogens with zero attached hydrogens (tertiary/aromatic N) is 3. The van der Waals surface area contributed by atoms with Gasteiger partial charge in [-0.05, 0) is 88.0 Å². The van der Waals surface area contributed by atoms with Gasteiger partial charge < -0.3 is 20.3 Å². The molecule has 1 atom stereocenters. The van der Waals surface area contributed by atoms with Gasteiger partial charge in [0.2, 0.25) is 0 Å². The number of piperidine rings is 1. The maximum atomic E-state index is 14.5. The first-order valence-electron chi connectivity index (χ1n) is 13.3. The molecule has 2 saturated heterocycles. The number of nitrogens with two attached hydrogens (primary N) is 1. The highest BCUT2D eigenvalue weighted by molar-refractivity contribution is 6.32. The predicted molar refractivity (Wildman–Crippen MR) is 149 cm³/mol. The summed E-state index contributed by atoms with van der Waals surface area (Å²) in [4.78, 5) is 22.0. The standard InChI is InChI=1S/C30H34ClFN4O2/c1-19-5-10-25(32)27(28(19)31)20(2)38-26-17-23(18-34-29(26)33)21-6-8-22(9-7-21)30(37)36-15-11-24(12-16-36)35-13-3-4-14-35/h5-10,17-18,20,24H,3-4,11-16H2,1-2H3,(H2,33,34). The number of aromatic nitrogens is 1. The molecule has 8 heteroatoms. The largest absolute Gasteiger partial charge is 0.482 e. The number of hydrogen-bond acceptors (Lipinski definition) is 5. The van der Waals surface area contributed by atoms with E-state index in [2.05, 4.69) is 9.88 Å². The molecule has 2 aliphatic rings. The van der Waals surface area contributed by atoms with Gasteiger partial charge in [0, 0.05) is 42.0 Å². The molecule has 0 bridgehead atoms. The van der Waals surface area contributed by atoms with E-state index in [-0.39, 0.29) is 17.3 Å². The van der Waals surface area contributed by atoms with Gasteiger partial charge in [0.05, 0.1) is 5.02 Å². The summed E-state index contributed by atoms with van der Waals surface area (Å²) in [6.07, 6.45) is 5.66. The van der Waals surface area contributed by atoms with Gasteiger partial charge in [0.25, 0.3) is 5.91 Å². The molecular formula is C30H34ClFN4O2. The maximum Gasteiger partial charge on any atom is 0.253 e. The monoisotopic (exact) mass is 536 g/mol. The third-order valence-corrected chi connectivity index (χ3v) is 8.29. The number of pyridine rings is 1. The van der Waals surface area contributed by atoms with Gasteiger partial charge >= 0.3 is 0 Å². The first-order chi connectivity index (χ1) is 18.3. The Hall–Kier alpha value is -3.16. The normalized spacial score (nSPS) is 17.5. The molecule has 0 aliphatic carbocycles. The first kappa shape index (κ1) is 26.4. The van der Waals surface area contributed by atoms with Crippen LogP contribution in [-0.2, 0) is 0 Å². The second kappa shape index (κ2) is 11.3. The fraction of sp³-hybridized carbons (Fsp3) is 0.400. The molecule has 3 aromatic rings. The molecule has 6 nitrogen and oxygen atoms in total. The summed E-state index contributed by atoms with van der Waals surface area (Å²) < 4.78 is 20.5. The minimum absolute atomic E-state index is 0.0711. The second-order valence-electron chi connectivity index (χ2n) is 10.3. The predicted octanol–water partition coefficient (Wildman–Crippen LogP) is 6.27.